The number of carbonyl (C=O) groups excluding carboxylic acids is 2. The summed E-state index contributed by atoms with van der Waals surface area (Å²) in [5.74, 6) is 2.43. The molecule has 3 heteroatoms. The number of allylic oxidation sites excluding steroid dienone is 1. The van der Waals surface area contributed by atoms with Crippen LogP contribution in [0.5, 0.6) is 0 Å². The minimum Gasteiger partial charge on any atom is -0.462 e. The molecule has 0 amide bonds. The van der Waals surface area contributed by atoms with Gasteiger partial charge in [0.15, 0.2) is 5.78 Å². The zero-order chi connectivity index (χ0) is 19.4. The molecule has 3 saturated carbocycles. The van der Waals surface area contributed by atoms with Crippen molar-refractivity contribution in [3.05, 3.63) is 11.6 Å². The summed E-state index contributed by atoms with van der Waals surface area (Å²) in [4.78, 5) is 24.4. The average Bonchev–Trinajstić information content (AvgIpc) is 2.98. The van der Waals surface area contributed by atoms with Gasteiger partial charge in [0, 0.05) is 11.8 Å². The van der Waals surface area contributed by atoms with Crippen LogP contribution in [0.15, 0.2) is 11.6 Å². The molecule has 1 unspecified atom stereocenters. The maximum absolute atomic E-state index is 12.4. The van der Waals surface area contributed by atoms with Gasteiger partial charge in [-0.2, -0.15) is 0 Å². The highest BCUT2D eigenvalue weighted by Gasteiger charge is 2.60. The van der Waals surface area contributed by atoms with Crippen LogP contribution in [0.3, 0.4) is 0 Å². The molecule has 4 aliphatic carbocycles. The summed E-state index contributed by atoms with van der Waals surface area (Å²) in [7, 11) is 0. The lowest BCUT2D eigenvalue weighted by atomic mass is 9.47. The van der Waals surface area contributed by atoms with E-state index in [2.05, 4.69) is 20.8 Å². The summed E-state index contributed by atoms with van der Waals surface area (Å²) in [6.07, 6.45) is 11.6. The van der Waals surface area contributed by atoms with Crippen molar-refractivity contribution in [3.63, 3.8) is 0 Å². The number of hydrogen-bond donors (Lipinski definition) is 0. The molecule has 0 aromatic rings. The highest BCUT2D eigenvalue weighted by molar-refractivity contribution is 5.91. The third-order valence-electron chi connectivity index (χ3n) is 9.15. The van der Waals surface area contributed by atoms with Crippen molar-refractivity contribution in [3.8, 4) is 0 Å². The molecule has 0 bridgehead atoms. The van der Waals surface area contributed by atoms with Crippen molar-refractivity contribution in [2.45, 2.75) is 91.6 Å². The van der Waals surface area contributed by atoms with E-state index in [1.807, 2.05) is 13.0 Å². The van der Waals surface area contributed by atoms with Crippen LogP contribution in [0.25, 0.3) is 0 Å². The van der Waals surface area contributed by atoms with Crippen molar-refractivity contribution in [2.24, 2.45) is 34.5 Å². The molecule has 7 atom stereocenters. The number of rotatable bonds is 3. The Kier molecular flexibility index (Phi) is 4.79. The lowest BCUT2D eigenvalue weighted by Gasteiger charge is -2.57. The molecule has 3 nitrogen and oxygen atoms in total. The van der Waals surface area contributed by atoms with Gasteiger partial charge in [-0.3, -0.25) is 9.59 Å². The molecule has 4 aliphatic rings. The van der Waals surface area contributed by atoms with Crippen LogP contribution in [-0.4, -0.2) is 17.9 Å². The van der Waals surface area contributed by atoms with E-state index in [9.17, 15) is 9.59 Å². The van der Waals surface area contributed by atoms with Crippen molar-refractivity contribution in [2.75, 3.05) is 0 Å². The van der Waals surface area contributed by atoms with E-state index in [0.29, 0.717) is 17.6 Å². The predicted octanol–water partition coefficient (Wildman–Crippen LogP) is 5.48. The Morgan fingerprint density at radius 3 is 2.67 bits per heavy atom. The van der Waals surface area contributed by atoms with Crippen LogP contribution in [0, 0.1) is 34.5 Å². The van der Waals surface area contributed by atoms with Crippen LogP contribution in [0.2, 0.25) is 0 Å². The fraction of sp³-hybridized carbons (Fsp3) is 0.833. The molecule has 3 fully saturated rings. The van der Waals surface area contributed by atoms with Gasteiger partial charge in [0.1, 0.15) is 6.10 Å². The Bertz CT molecular complexity index is 665. The number of ether oxygens (including phenoxy) is 1. The summed E-state index contributed by atoms with van der Waals surface area (Å²) in [5, 5.41) is 0. The van der Waals surface area contributed by atoms with Crippen LogP contribution in [0.1, 0.15) is 85.5 Å². The highest BCUT2D eigenvalue weighted by atomic mass is 16.5. The highest BCUT2D eigenvalue weighted by Crippen LogP contribution is 2.65. The molecular formula is C24H36O3. The van der Waals surface area contributed by atoms with Crippen molar-refractivity contribution in [1.29, 1.82) is 0 Å². The number of hydrogen-bond acceptors (Lipinski definition) is 3. The Morgan fingerprint density at radius 2 is 1.93 bits per heavy atom. The van der Waals surface area contributed by atoms with Gasteiger partial charge >= 0.3 is 5.97 Å². The molecule has 0 spiro atoms. The summed E-state index contributed by atoms with van der Waals surface area (Å²) in [5.41, 5.74) is 1.80. The number of carbonyl (C=O) groups is 2. The summed E-state index contributed by atoms with van der Waals surface area (Å²) < 4.78 is 6.07. The molecule has 0 radical (unpaired) electrons. The molecule has 0 aliphatic heterocycles. The van der Waals surface area contributed by atoms with Gasteiger partial charge in [-0.15, -0.1) is 0 Å². The second kappa shape index (κ2) is 6.74. The first-order chi connectivity index (χ1) is 12.8. The van der Waals surface area contributed by atoms with Gasteiger partial charge in [0.25, 0.3) is 0 Å². The zero-order valence-corrected chi connectivity index (χ0v) is 17.6. The fourth-order valence-corrected chi connectivity index (χ4v) is 7.13. The SMILES string of the molecule is CCC(C)C(=O)O[C@H]1CC[C@H]2[C@@H]3CCC4=CC(=O)CC[C@]4(C)[C@H]3CC[C@]12C. The largest absolute Gasteiger partial charge is 0.462 e. The molecule has 0 aromatic heterocycles. The molecule has 0 aromatic carbocycles. The molecule has 0 N–H and O–H groups in total. The van der Waals surface area contributed by atoms with Crippen LogP contribution >= 0.6 is 0 Å². The Hall–Kier alpha value is -1.12. The van der Waals surface area contributed by atoms with E-state index in [1.165, 1.54) is 24.8 Å². The van der Waals surface area contributed by atoms with Crippen molar-refractivity contribution in [1.82, 2.24) is 0 Å². The zero-order valence-electron chi connectivity index (χ0n) is 17.6. The van der Waals surface area contributed by atoms with Gasteiger partial charge < -0.3 is 4.74 Å². The topological polar surface area (TPSA) is 43.4 Å². The quantitative estimate of drug-likeness (QED) is 0.616. The lowest BCUT2D eigenvalue weighted by Crippen LogP contribution is -2.51. The Labute approximate surface area is 164 Å². The van der Waals surface area contributed by atoms with Gasteiger partial charge in [0.05, 0.1) is 5.92 Å². The number of ketones is 1. The van der Waals surface area contributed by atoms with Crippen molar-refractivity contribution < 1.29 is 14.3 Å². The van der Waals surface area contributed by atoms with Crippen molar-refractivity contribution >= 4 is 11.8 Å². The minimum atomic E-state index is -0.00174. The molecule has 150 valence electrons. The van der Waals surface area contributed by atoms with E-state index in [4.69, 9.17) is 4.74 Å². The number of esters is 1. The van der Waals surface area contributed by atoms with E-state index in [-0.39, 0.29) is 28.8 Å². The van der Waals surface area contributed by atoms with E-state index in [0.717, 1.165) is 44.4 Å². The average molecular weight is 373 g/mol. The first-order valence-electron chi connectivity index (χ1n) is 11.2. The second-order valence-electron chi connectivity index (χ2n) is 10.3. The van der Waals surface area contributed by atoms with E-state index < -0.39 is 0 Å². The predicted molar refractivity (Wildman–Crippen MR) is 106 cm³/mol. The van der Waals surface area contributed by atoms with Crippen LogP contribution in [-0.2, 0) is 14.3 Å². The normalized spacial score (nSPS) is 44.6. The second-order valence-corrected chi connectivity index (χ2v) is 10.3. The molecular weight excluding hydrogens is 336 g/mol. The third-order valence-corrected chi connectivity index (χ3v) is 9.15. The van der Waals surface area contributed by atoms with E-state index >= 15 is 0 Å². The van der Waals surface area contributed by atoms with E-state index in [1.54, 1.807) is 0 Å². The monoisotopic (exact) mass is 372 g/mol. The van der Waals surface area contributed by atoms with Gasteiger partial charge in [-0.1, -0.05) is 33.3 Å². The van der Waals surface area contributed by atoms with Gasteiger partial charge in [-0.05, 0) is 80.6 Å². The Balaban J connectivity index is 1.55. The van der Waals surface area contributed by atoms with Crippen LogP contribution in [0.4, 0.5) is 0 Å². The maximum atomic E-state index is 12.4. The van der Waals surface area contributed by atoms with Gasteiger partial charge in [0.2, 0.25) is 0 Å². The third kappa shape index (κ3) is 2.91. The Morgan fingerprint density at radius 1 is 1.15 bits per heavy atom. The maximum Gasteiger partial charge on any atom is 0.308 e. The fourth-order valence-electron chi connectivity index (χ4n) is 7.13. The number of fused-ring (bicyclic) bond motifs is 5. The van der Waals surface area contributed by atoms with Crippen LogP contribution < -0.4 is 0 Å². The first-order valence-corrected chi connectivity index (χ1v) is 11.2. The summed E-state index contributed by atoms with van der Waals surface area (Å²) in [6, 6.07) is 0. The smallest absolute Gasteiger partial charge is 0.308 e. The standard InChI is InChI=1S/C24H36O3/c1-5-15(2)22(26)27-21-9-8-19-18-7-6-16-14-17(25)10-12-23(16,3)20(18)11-13-24(19,21)4/h14-15,18-21H,5-13H2,1-4H3/t15?,18-,19-,20-,21-,23-,24-/m0/s1. The molecule has 4 rings (SSSR count). The van der Waals surface area contributed by atoms with Gasteiger partial charge in [-0.25, -0.2) is 0 Å². The molecule has 27 heavy (non-hydrogen) atoms. The molecule has 0 heterocycles. The molecule has 0 saturated heterocycles. The first kappa shape index (κ1) is 19.2. The summed E-state index contributed by atoms with van der Waals surface area (Å²) >= 11 is 0. The lowest BCUT2D eigenvalue weighted by molar-refractivity contribution is -0.164. The summed E-state index contributed by atoms with van der Waals surface area (Å²) in [6.45, 7) is 8.86. The minimum absolute atomic E-state index is 0.00174.